The lowest BCUT2D eigenvalue weighted by Gasteiger charge is -1.21. The third-order valence-electron chi connectivity index (χ3n) is 0.250. The maximum atomic E-state index is 5.85. The molecule has 0 radical (unpaired) electrons. The summed E-state index contributed by atoms with van der Waals surface area (Å²) in [5.41, 5.74) is 0. The van der Waals surface area contributed by atoms with Crippen LogP contribution in [0, 0.1) is 5.41 Å². The molecule has 2 heteroatoms. The molecule has 34 valence electrons. The van der Waals surface area contributed by atoms with Gasteiger partial charge in [-0.25, -0.2) is 0 Å². The lowest BCUT2D eigenvalue weighted by atomic mass is 11.0. The van der Waals surface area contributed by atoms with Crippen molar-refractivity contribution >= 4 is 5.87 Å². The van der Waals surface area contributed by atoms with Gasteiger partial charge in [-0.3, -0.25) is 5.41 Å². The summed E-state index contributed by atoms with van der Waals surface area (Å²) < 4.78 is 0. The highest BCUT2D eigenvalue weighted by atomic mass is 15.0. The number of nitrogens with one attached hydrogen (secondary N) is 2. The molecule has 1 saturated heterocycles. The van der Waals surface area contributed by atoms with E-state index in [4.69, 9.17) is 5.41 Å². The summed E-state index contributed by atoms with van der Waals surface area (Å²) in [6.07, 6.45) is 0. The Hall–Kier alpha value is -0.590. The molecule has 0 unspecified atom stereocenters. The van der Waals surface area contributed by atoms with E-state index in [2.05, 4.69) is 11.9 Å². The van der Waals surface area contributed by atoms with Crippen LogP contribution >= 0.6 is 0 Å². The third-order valence-corrected chi connectivity index (χ3v) is 0.250. The minimum atomic E-state index is 1.25. The largest absolute Gasteiger partial charge is 0.314 e. The topological polar surface area (TPSA) is 45.8 Å². The molecule has 1 aliphatic rings. The average molecular weight is 84.1 g/mol. The monoisotopic (exact) mass is 84.1 g/mol. The van der Waals surface area contributed by atoms with Crippen LogP contribution in [0.4, 0.5) is 0 Å². The Morgan fingerprint density at radius 2 is 1.83 bits per heavy atom. The van der Waals surface area contributed by atoms with Crippen LogP contribution in [0.25, 0.3) is 0 Å². The van der Waals surface area contributed by atoms with E-state index in [1.165, 1.54) is 13.1 Å². The Bertz CT molecular complexity index is 47.8. The third kappa shape index (κ3) is 118. The molecule has 0 spiro atoms. The molecule has 1 aliphatic heterocycles. The SMILES string of the molecule is C1CN1.C=C=N. The number of hydrogen-bond acceptors (Lipinski definition) is 2. The van der Waals surface area contributed by atoms with Crippen LogP contribution in [0.1, 0.15) is 0 Å². The fraction of sp³-hybridized carbons (Fsp3) is 0.500. The standard InChI is InChI=1S/C2H5N.C2H3N/c1-2-3-1;1-2-3/h3H,1-2H2;3H,1H2. The molecule has 1 heterocycles. The predicted octanol–water partition coefficient (Wildman–Crippen LogP) is 0.0105. The molecule has 2 N–H and O–H groups in total. The molecule has 0 aromatic carbocycles. The summed E-state index contributed by atoms with van der Waals surface area (Å²) in [5, 5.41) is 8.85. The van der Waals surface area contributed by atoms with Gasteiger partial charge < -0.3 is 5.32 Å². The molecule has 0 aromatic rings. The first-order chi connectivity index (χ1) is 2.91. The summed E-state index contributed by atoms with van der Waals surface area (Å²) in [4.78, 5) is 0. The summed E-state index contributed by atoms with van der Waals surface area (Å²) >= 11 is 0. The zero-order chi connectivity index (χ0) is 4.83. The van der Waals surface area contributed by atoms with E-state index in [-0.39, 0.29) is 0 Å². The molecule has 1 rings (SSSR count). The van der Waals surface area contributed by atoms with Crippen molar-refractivity contribution in [3.63, 3.8) is 0 Å². The van der Waals surface area contributed by atoms with E-state index >= 15 is 0 Å². The van der Waals surface area contributed by atoms with Gasteiger partial charge in [-0.15, -0.1) is 0 Å². The molecule has 0 atom stereocenters. The second-order valence-corrected chi connectivity index (χ2v) is 0.927. The van der Waals surface area contributed by atoms with Gasteiger partial charge in [-0.2, -0.15) is 0 Å². The van der Waals surface area contributed by atoms with Gasteiger partial charge in [0.1, 0.15) is 0 Å². The van der Waals surface area contributed by atoms with E-state index in [0.29, 0.717) is 0 Å². The van der Waals surface area contributed by atoms with E-state index < -0.39 is 0 Å². The highest BCUT2D eigenvalue weighted by Gasteiger charge is 1.91. The van der Waals surface area contributed by atoms with Crippen molar-refractivity contribution in [1.29, 1.82) is 5.41 Å². The number of hydrogen-bond donors (Lipinski definition) is 2. The maximum absolute atomic E-state index is 5.85. The first-order valence-corrected chi connectivity index (χ1v) is 1.81. The predicted molar refractivity (Wildman–Crippen MR) is 26.2 cm³/mol. The second-order valence-electron chi connectivity index (χ2n) is 0.927. The molecule has 0 amide bonds. The lowest BCUT2D eigenvalue weighted by Crippen LogP contribution is -1.56. The fourth-order valence-electron chi connectivity index (χ4n) is 0. The van der Waals surface area contributed by atoms with Gasteiger partial charge >= 0.3 is 0 Å². The minimum absolute atomic E-state index is 1.25. The molecular formula is C4H8N2. The van der Waals surface area contributed by atoms with Gasteiger partial charge in [-0.1, -0.05) is 0 Å². The Kier molecular flexibility index (Phi) is 3.98. The quantitative estimate of drug-likeness (QED) is 0.315. The van der Waals surface area contributed by atoms with Gasteiger partial charge in [0, 0.05) is 13.1 Å². The zero-order valence-electron chi connectivity index (χ0n) is 3.62. The first kappa shape index (κ1) is 5.41. The Balaban J connectivity index is 0.0000000833. The smallest absolute Gasteiger partial charge is 0.00772 e. The van der Waals surface area contributed by atoms with Crippen molar-refractivity contribution in [2.75, 3.05) is 13.1 Å². The van der Waals surface area contributed by atoms with Crippen LogP contribution in [0.5, 0.6) is 0 Å². The molecule has 2 nitrogen and oxygen atoms in total. The van der Waals surface area contributed by atoms with Crippen molar-refractivity contribution in [1.82, 2.24) is 5.32 Å². The number of rotatable bonds is 0. The van der Waals surface area contributed by atoms with Gasteiger partial charge in [0.25, 0.3) is 0 Å². The van der Waals surface area contributed by atoms with E-state index in [9.17, 15) is 0 Å². The highest BCUT2D eigenvalue weighted by Crippen LogP contribution is 1.65. The van der Waals surface area contributed by atoms with Crippen molar-refractivity contribution in [3.05, 3.63) is 6.58 Å². The van der Waals surface area contributed by atoms with Crippen LogP contribution in [0.3, 0.4) is 0 Å². The average Bonchev–Trinajstić information content (AvgIpc) is 2.11. The van der Waals surface area contributed by atoms with Crippen molar-refractivity contribution in [2.24, 2.45) is 0 Å². The Labute approximate surface area is 37.4 Å². The van der Waals surface area contributed by atoms with Crippen molar-refractivity contribution in [2.45, 2.75) is 0 Å². The van der Waals surface area contributed by atoms with E-state index in [1.807, 2.05) is 0 Å². The molecule has 0 bridgehead atoms. The molecule has 1 fully saturated rings. The van der Waals surface area contributed by atoms with Gasteiger partial charge in [0.2, 0.25) is 0 Å². The maximum Gasteiger partial charge on any atom is 0.00772 e. The Morgan fingerprint density at radius 3 is 1.83 bits per heavy atom. The minimum Gasteiger partial charge on any atom is -0.314 e. The molecule has 0 aliphatic carbocycles. The van der Waals surface area contributed by atoms with E-state index in [1.54, 1.807) is 5.87 Å². The van der Waals surface area contributed by atoms with Crippen LogP contribution in [0.15, 0.2) is 6.58 Å². The normalized spacial score (nSPS) is 13.3. The van der Waals surface area contributed by atoms with Crippen LogP contribution < -0.4 is 5.32 Å². The van der Waals surface area contributed by atoms with Crippen LogP contribution in [0.2, 0.25) is 0 Å². The lowest BCUT2D eigenvalue weighted by molar-refractivity contribution is 1.34. The van der Waals surface area contributed by atoms with Crippen molar-refractivity contribution < 1.29 is 0 Å². The molecule has 6 heavy (non-hydrogen) atoms. The first-order valence-electron chi connectivity index (χ1n) is 1.81. The molecule has 0 aromatic heterocycles. The molecule has 0 saturated carbocycles. The summed E-state index contributed by atoms with van der Waals surface area (Å²) in [6, 6.07) is 0. The van der Waals surface area contributed by atoms with Gasteiger partial charge in [-0.05, 0) is 12.4 Å². The molecular weight excluding hydrogens is 76.1 g/mol. The van der Waals surface area contributed by atoms with Gasteiger partial charge in [0.05, 0.1) is 0 Å². The summed E-state index contributed by atoms with van der Waals surface area (Å²) in [6.45, 7) is 5.40. The summed E-state index contributed by atoms with van der Waals surface area (Å²) in [5.74, 6) is 1.75. The Morgan fingerprint density at radius 1 is 1.67 bits per heavy atom. The van der Waals surface area contributed by atoms with Crippen molar-refractivity contribution in [3.8, 4) is 0 Å². The van der Waals surface area contributed by atoms with E-state index in [0.717, 1.165) is 0 Å². The highest BCUT2D eigenvalue weighted by molar-refractivity contribution is 5.41. The second kappa shape index (κ2) is 4.41. The van der Waals surface area contributed by atoms with Crippen LogP contribution in [-0.2, 0) is 0 Å². The van der Waals surface area contributed by atoms with Crippen LogP contribution in [-0.4, -0.2) is 19.0 Å². The fourth-order valence-corrected chi connectivity index (χ4v) is 0. The zero-order valence-corrected chi connectivity index (χ0v) is 3.62. The summed E-state index contributed by atoms with van der Waals surface area (Å²) in [7, 11) is 0. The van der Waals surface area contributed by atoms with Gasteiger partial charge in [0.15, 0.2) is 0 Å².